The Labute approximate surface area is 174 Å². The summed E-state index contributed by atoms with van der Waals surface area (Å²) in [5, 5.41) is 9.69. The van der Waals surface area contributed by atoms with Gasteiger partial charge in [-0.15, -0.1) is 0 Å². The molecule has 0 atom stereocenters. The molecule has 0 amide bonds. The fourth-order valence-corrected chi connectivity index (χ4v) is 4.07. The summed E-state index contributed by atoms with van der Waals surface area (Å²) >= 11 is 0. The van der Waals surface area contributed by atoms with Crippen LogP contribution in [0, 0.1) is 5.82 Å². The van der Waals surface area contributed by atoms with Gasteiger partial charge in [-0.25, -0.2) is 31.2 Å². The molecule has 0 bridgehead atoms. The Bertz CT molecular complexity index is 1240. The van der Waals surface area contributed by atoms with E-state index in [0.29, 0.717) is 13.2 Å². The first kappa shape index (κ1) is 21.3. The third-order valence-corrected chi connectivity index (χ3v) is 5.68. The first-order chi connectivity index (χ1) is 14.7. The van der Waals surface area contributed by atoms with Gasteiger partial charge in [-0.3, -0.25) is 0 Å². The van der Waals surface area contributed by atoms with Crippen LogP contribution in [0.5, 0.6) is 11.8 Å². The predicted octanol–water partition coefficient (Wildman–Crippen LogP) is 1.95. The van der Waals surface area contributed by atoms with Crippen molar-refractivity contribution >= 4 is 15.5 Å². The lowest BCUT2D eigenvalue weighted by molar-refractivity contribution is 0.00824. The number of methoxy groups -OCH3 is 1. The van der Waals surface area contributed by atoms with E-state index in [2.05, 4.69) is 14.8 Å². The molecule has 0 aliphatic carbocycles. The Balaban J connectivity index is 1.89. The van der Waals surface area contributed by atoms with Gasteiger partial charge in [0.1, 0.15) is 10.6 Å². The first-order valence-corrected chi connectivity index (χ1v) is 10.5. The molecule has 0 unspecified atom stereocenters. The van der Waals surface area contributed by atoms with Crippen LogP contribution >= 0.6 is 0 Å². The largest absolute Gasteiger partial charge is 0.480 e. The summed E-state index contributed by atoms with van der Waals surface area (Å²) in [7, 11) is -3.11. The van der Waals surface area contributed by atoms with Gasteiger partial charge in [0, 0.05) is 12.1 Å². The minimum atomic E-state index is -4.30. The monoisotopic (exact) mass is 458 g/mol. The van der Waals surface area contributed by atoms with E-state index in [1.54, 1.807) is 18.3 Å². The summed E-state index contributed by atoms with van der Waals surface area (Å²) in [6.07, 6.45) is -1.20. The molecule has 4 heterocycles. The van der Waals surface area contributed by atoms with Crippen LogP contribution in [0.15, 0.2) is 29.3 Å². The van der Waals surface area contributed by atoms with Crippen LogP contribution in [0.25, 0.3) is 16.8 Å². The fourth-order valence-electron chi connectivity index (χ4n) is 3.19. The van der Waals surface area contributed by atoms with Crippen LogP contribution in [0.4, 0.5) is 13.2 Å². The molecule has 3 aromatic rings. The number of hydrogen-bond donors (Lipinski definition) is 1. The van der Waals surface area contributed by atoms with Gasteiger partial charge < -0.3 is 14.2 Å². The lowest BCUT2D eigenvalue weighted by atomic mass is 9.99. The van der Waals surface area contributed by atoms with Crippen LogP contribution in [0.3, 0.4) is 0 Å². The Morgan fingerprint density at radius 1 is 1.32 bits per heavy atom. The maximum atomic E-state index is 14.5. The minimum Gasteiger partial charge on any atom is -0.480 e. The summed E-state index contributed by atoms with van der Waals surface area (Å²) < 4.78 is 80.2. The highest BCUT2D eigenvalue weighted by Crippen LogP contribution is 2.37. The number of fused-ring (bicyclic) bond motifs is 1. The molecule has 0 saturated carbocycles. The van der Waals surface area contributed by atoms with Gasteiger partial charge in [0.15, 0.2) is 12.4 Å². The molecule has 9 nitrogen and oxygen atoms in total. The second kappa shape index (κ2) is 7.98. The molecule has 1 saturated heterocycles. The number of sulfonamides is 1. The average Bonchev–Trinajstić information content (AvgIpc) is 3.04. The molecule has 1 fully saturated rings. The maximum absolute atomic E-state index is 14.5. The van der Waals surface area contributed by atoms with Crippen molar-refractivity contribution < 1.29 is 35.8 Å². The zero-order valence-electron chi connectivity index (χ0n) is 16.1. The highest BCUT2D eigenvalue weighted by molar-refractivity contribution is 7.89. The number of aromatic nitrogens is 3. The molecule has 4 rings (SSSR count). The average molecular weight is 458 g/mol. The molecule has 3 aromatic heterocycles. The van der Waals surface area contributed by atoms with E-state index in [1.807, 2.05) is 0 Å². The van der Waals surface area contributed by atoms with Crippen LogP contribution in [-0.2, 0) is 14.8 Å². The van der Waals surface area contributed by atoms with E-state index < -0.39 is 34.8 Å². The fraction of sp³-hybridized carbons (Fsp3) is 0.333. The zero-order valence-corrected chi connectivity index (χ0v) is 16.9. The maximum Gasteiger partial charge on any atom is 0.272 e. The van der Waals surface area contributed by atoms with Crippen molar-refractivity contribution in [2.24, 2.45) is 5.14 Å². The van der Waals surface area contributed by atoms with E-state index in [0.717, 1.165) is 11.6 Å². The van der Waals surface area contributed by atoms with Gasteiger partial charge in [-0.2, -0.15) is 10.1 Å². The van der Waals surface area contributed by atoms with Gasteiger partial charge >= 0.3 is 0 Å². The normalized spacial score (nSPS) is 14.8. The number of hydrogen-bond acceptors (Lipinski definition) is 7. The number of ether oxygens (including phenoxy) is 3. The standard InChI is InChI=1S/C18H17F3N4O5S/c1-28-17-11(4-12(19)18(23-17)30-8-14(20)21)15-16(31(22,26)27)13-3-2-9(5-25(13)24-15)10-6-29-7-10/h2-5,10,14H,6-8H2,1H3,(H2,22,26,27). The summed E-state index contributed by atoms with van der Waals surface area (Å²) in [6.45, 7) is -0.00765. The van der Waals surface area contributed by atoms with Gasteiger partial charge in [0.25, 0.3) is 12.3 Å². The Kier molecular flexibility index (Phi) is 5.49. The van der Waals surface area contributed by atoms with Gasteiger partial charge in [0.2, 0.25) is 15.9 Å². The van der Waals surface area contributed by atoms with Gasteiger partial charge in [0.05, 0.1) is 31.4 Å². The molecule has 1 aliphatic rings. The lowest BCUT2D eigenvalue weighted by Gasteiger charge is -2.26. The van der Waals surface area contributed by atoms with E-state index in [9.17, 15) is 21.6 Å². The third-order valence-electron chi connectivity index (χ3n) is 4.70. The Hall–Kier alpha value is -2.90. The second-order valence-electron chi connectivity index (χ2n) is 6.78. The molecule has 166 valence electrons. The number of alkyl halides is 2. The van der Waals surface area contributed by atoms with Crippen molar-refractivity contribution in [3.05, 3.63) is 35.8 Å². The Morgan fingerprint density at radius 3 is 2.65 bits per heavy atom. The molecule has 0 aromatic carbocycles. The molecule has 0 spiro atoms. The number of primary sulfonamides is 1. The van der Waals surface area contributed by atoms with Crippen LogP contribution in [-0.4, -0.2) is 56.4 Å². The van der Waals surface area contributed by atoms with Crippen LogP contribution in [0.2, 0.25) is 0 Å². The van der Waals surface area contributed by atoms with E-state index in [1.165, 1.54) is 11.6 Å². The topological polar surface area (TPSA) is 118 Å². The molecule has 2 N–H and O–H groups in total. The Morgan fingerprint density at radius 2 is 2.06 bits per heavy atom. The first-order valence-electron chi connectivity index (χ1n) is 8.97. The summed E-state index contributed by atoms with van der Waals surface area (Å²) in [6, 6.07) is 4.13. The summed E-state index contributed by atoms with van der Waals surface area (Å²) in [5.74, 6) is -1.93. The molecule has 0 radical (unpaired) electrons. The van der Waals surface area contributed by atoms with Crippen molar-refractivity contribution in [3.8, 4) is 23.0 Å². The van der Waals surface area contributed by atoms with Crippen molar-refractivity contribution in [1.29, 1.82) is 0 Å². The molecular formula is C18H17F3N4O5S. The van der Waals surface area contributed by atoms with Gasteiger partial charge in [-0.05, 0) is 17.7 Å². The molecule has 1 aliphatic heterocycles. The molecule has 13 heteroatoms. The highest BCUT2D eigenvalue weighted by atomic mass is 32.2. The number of halogens is 3. The molecular weight excluding hydrogens is 441 g/mol. The number of pyridine rings is 2. The van der Waals surface area contributed by atoms with Crippen molar-refractivity contribution in [1.82, 2.24) is 14.6 Å². The number of nitrogens with zero attached hydrogens (tertiary/aromatic N) is 3. The van der Waals surface area contributed by atoms with Gasteiger partial charge in [-0.1, -0.05) is 6.07 Å². The van der Waals surface area contributed by atoms with E-state index in [4.69, 9.17) is 14.6 Å². The van der Waals surface area contributed by atoms with Crippen LogP contribution < -0.4 is 14.6 Å². The SMILES string of the molecule is COc1nc(OCC(F)F)c(F)cc1-c1nn2cc(C3COC3)ccc2c1S(N)(=O)=O. The van der Waals surface area contributed by atoms with Crippen molar-refractivity contribution in [2.75, 3.05) is 26.9 Å². The lowest BCUT2D eigenvalue weighted by Crippen LogP contribution is -2.25. The van der Waals surface area contributed by atoms with E-state index in [-0.39, 0.29) is 33.5 Å². The third kappa shape index (κ3) is 4.03. The summed E-state index contributed by atoms with van der Waals surface area (Å²) in [5.41, 5.74) is 0.710. The minimum absolute atomic E-state index is 0.134. The van der Waals surface area contributed by atoms with Crippen molar-refractivity contribution in [2.45, 2.75) is 17.2 Å². The zero-order chi connectivity index (χ0) is 22.3. The number of nitrogens with two attached hydrogens (primary N) is 1. The highest BCUT2D eigenvalue weighted by Gasteiger charge is 2.29. The predicted molar refractivity (Wildman–Crippen MR) is 101 cm³/mol. The molecule has 31 heavy (non-hydrogen) atoms. The van der Waals surface area contributed by atoms with E-state index >= 15 is 0 Å². The quantitative estimate of drug-likeness (QED) is 0.575. The van der Waals surface area contributed by atoms with Crippen LogP contribution in [0.1, 0.15) is 11.5 Å². The summed E-state index contributed by atoms with van der Waals surface area (Å²) in [4.78, 5) is 3.39. The second-order valence-corrected chi connectivity index (χ2v) is 8.28. The number of rotatable bonds is 7. The smallest absolute Gasteiger partial charge is 0.272 e. The van der Waals surface area contributed by atoms with Crippen molar-refractivity contribution in [3.63, 3.8) is 0 Å².